The lowest BCUT2D eigenvalue weighted by atomic mass is 10.1. The largest absolute Gasteiger partial charge is 0.497 e. The highest BCUT2D eigenvalue weighted by atomic mass is 32.1. The van der Waals surface area contributed by atoms with Gasteiger partial charge in [-0.15, -0.1) is 11.3 Å². The lowest BCUT2D eigenvalue weighted by Gasteiger charge is -2.03. The molecule has 26 heavy (non-hydrogen) atoms. The Morgan fingerprint density at radius 3 is 2.85 bits per heavy atom. The molecule has 0 aliphatic heterocycles. The van der Waals surface area contributed by atoms with Crippen LogP contribution in [0.4, 0.5) is 5.13 Å². The molecule has 0 fully saturated rings. The summed E-state index contributed by atoms with van der Waals surface area (Å²) in [6, 6.07) is 6.69. The fourth-order valence-corrected chi connectivity index (χ4v) is 2.87. The van der Waals surface area contributed by atoms with Gasteiger partial charge in [-0.1, -0.05) is 0 Å². The summed E-state index contributed by atoms with van der Waals surface area (Å²) >= 11 is 1.10. The Balaban J connectivity index is 1.91. The second-order valence-corrected chi connectivity index (χ2v) is 5.91. The van der Waals surface area contributed by atoms with Crippen molar-refractivity contribution in [1.29, 1.82) is 0 Å². The maximum atomic E-state index is 12.2. The van der Waals surface area contributed by atoms with Gasteiger partial charge in [-0.3, -0.25) is 10.1 Å². The van der Waals surface area contributed by atoms with Crippen molar-refractivity contribution < 1.29 is 23.8 Å². The fraction of sp³-hybridized carbons (Fsp3) is 0.0588. The van der Waals surface area contributed by atoms with Crippen LogP contribution in [0, 0.1) is 0 Å². The van der Waals surface area contributed by atoms with Crippen molar-refractivity contribution in [2.75, 3.05) is 12.4 Å². The molecule has 0 saturated carbocycles. The number of thiazole rings is 1. The molecule has 0 bridgehead atoms. The van der Waals surface area contributed by atoms with Crippen molar-refractivity contribution in [2.24, 2.45) is 0 Å². The summed E-state index contributed by atoms with van der Waals surface area (Å²) in [6.45, 7) is 0. The first kappa shape index (κ1) is 17.4. The third kappa shape index (κ3) is 3.78. The van der Waals surface area contributed by atoms with Gasteiger partial charge in [-0.05, 0) is 24.3 Å². The molecule has 1 aromatic carbocycles. The summed E-state index contributed by atoms with van der Waals surface area (Å²) in [6.07, 6.45) is 1.59. The molecular formula is C17H12N2O6S. The van der Waals surface area contributed by atoms with Crippen LogP contribution in [0.2, 0.25) is 0 Å². The predicted molar refractivity (Wildman–Crippen MR) is 95.5 cm³/mol. The number of carbonyl (C=O) groups is 2. The highest BCUT2D eigenvalue weighted by Gasteiger charge is 2.13. The van der Waals surface area contributed by atoms with E-state index in [0.29, 0.717) is 22.4 Å². The van der Waals surface area contributed by atoms with Crippen molar-refractivity contribution >= 4 is 39.3 Å². The van der Waals surface area contributed by atoms with Crippen LogP contribution in [0.25, 0.3) is 22.2 Å². The van der Waals surface area contributed by atoms with E-state index in [1.807, 2.05) is 0 Å². The van der Waals surface area contributed by atoms with Crippen LogP contribution in [0.15, 0.2) is 51.0 Å². The van der Waals surface area contributed by atoms with E-state index in [9.17, 15) is 14.4 Å². The maximum absolute atomic E-state index is 12.2. The second-order valence-electron chi connectivity index (χ2n) is 5.05. The molecule has 0 spiro atoms. The van der Waals surface area contributed by atoms with E-state index in [1.165, 1.54) is 7.11 Å². The van der Waals surface area contributed by atoms with E-state index in [2.05, 4.69) is 10.3 Å². The second kappa shape index (κ2) is 7.19. The highest BCUT2D eigenvalue weighted by molar-refractivity contribution is 7.14. The molecule has 2 N–H and O–H groups in total. The molecule has 3 rings (SSSR count). The summed E-state index contributed by atoms with van der Waals surface area (Å²) in [7, 11) is 1.54. The van der Waals surface area contributed by atoms with Crippen LogP contribution < -0.4 is 15.7 Å². The van der Waals surface area contributed by atoms with Gasteiger partial charge in [-0.25, -0.2) is 14.6 Å². The minimum Gasteiger partial charge on any atom is -0.497 e. The molecule has 1 amide bonds. The van der Waals surface area contributed by atoms with Gasteiger partial charge >= 0.3 is 11.6 Å². The molecule has 0 aliphatic carbocycles. The van der Waals surface area contributed by atoms with Crippen LogP contribution in [0.5, 0.6) is 5.75 Å². The van der Waals surface area contributed by atoms with Crippen molar-refractivity contribution in [3.63, 3.8) is 0 Å². The molecule has 0 aliphatic rings. The Morgan fingerprint density at radius 2 is 2.12 bits per heavy atom. The summed E-state index contributed by atoms with van der Waals surface area (Å²) in [5.74, 6) is -1.25. The maximum Gasteiger partial charge on any atom is 0.345 e. The SMILES string of the molecule is COc1ccc2oc(=O)c(-c3csc(NC(=O)/C=C\C(=O)O)n3)cc2c1. The van der Waals surface area contributed by atoms with E-state index in [-0.39, 0.29) is 10.7 Å². The van der Waals surface area contributed by atoms with Crippen LogP contribution in [-0.2, 0) is 9.59 Å². The minimum absolute atomic E-state index is 0.227. The number of fused-ring (bicyclic) bond motifs is 1. The number of carboxylic acid groups (broad SMARTS) is 1. The third-order valence-electron chi connectivity index (χ3n) is 3.33. The molecule has 0 atom stereocenters. The van der Waals surface area contributed by atoms with E-state index in [1.54, 1.807) is 29.6 Å². The standard InChI is InChI=1S/C17H12N2O6S/c1-24-10-2-3-13-9(6-10)7-11(16(23)25-13)12-8-26-17(18-12)19-14(20)4-5-15(21)22/h2-8H,1H3,(H,21,22)(H,18,19,20)/b5-4-. The normalized spacial score (nSPS) is 11.0. The van der Waals surface area contributed by atoms with E-state index in [0.717, 1.165) is 23.5 Å². The number of hydrogen-bond donors (Lipinski definition) is 2. The molecule has 132 valence electrons. The first-order chi connectivity index (χ1) is 12.5. The molecule has 0 unspecified atom stereocenters. The molecule has 0 radical (unpaired) electrons. The number of methoxy groups -OCH3 is 1. The number of rotatable bonds is 5. The van der Waals surface area contributed by atoms with Gasteiger partial charge < -0.3 is 14.3 Å². The lowest BCUT2D eigenvalue weighted by molar-refractivity contribution is -0.131. The van der Waals surface area contributed by atoms with Gasteiger partial charge in [0, 0.05) is 22.9 Å². The zero-order valence-corrected chi connectivity index (χ0v) is 14.2. The predicted octanol–water partition coefficient (Wildman–Crippen LogP) is 2.50. The van der Waals surface area contributed by atoms with Crippen LogP contribution in [-0.4, -0.2) is 29.1 Å². The van der Waals surface area contributed by atoms with Crippen LogP contribution >= 0.6 is 11.3 Å². The first-order valence-electron chi connectivity index (χ1n) is 7.26. The molecule has 3 aromatic rings. The molecule has 9 heteroatoms. The summed E-state index contributed by atoms with van der Waals surface area (Å²) in [4.78, 5) is 38.4. The lowest BCUT2D eigenvalue weighted by Crippen LogP contribution is -2.08. The number of ether oxygens (including phenoxy) is 1. The average molecular weight is 372 g/mol. The monoisotopic (exact) mass is 372 g/mol. The van der Waals surface area contributed by atoms with Crippen molar-refractivity contribution in [1.82, 2.24) is 4.98 Å². The smallest absolute Gasteiger partial charge is 0.345 e. The van der Waals surface area contributed by atoms with Crippen molar-refractivity contribution in [2.45, 2.75) is 0 Å². The minimum atomic E-state index is -1.23. The van der Waals surface area contributed by atoms with Crippen LogP contribution in [0.3, 0.4) is 0 Å². The number of aliphatic carboxylic acids is 1. The van der Waals surface area contributed by atoms with Gasteiger partial charge in [0.1, 0.15) is 11.3 Å². The number of nitrogens with zero attached hydrogens (tertiary/aromatic N) is 1. The van der Waals surface area contributed by atoms with Crippen molar-refractivity contribution in [3.8, 4) is 17.0 Å². The average Bonchev–Trinajstić information content (AvgIpc) is 3.07. The highest BCUT2D eigenvalue weighted by Crippen LogP contribution is 2.27. The Kier molecular flexibility index (Phi) is 4.81. The van der Waals surface area contributed by atoms with Gasteiger partial charge in [0.25, 0.3) is 0 Å². The molecule has 2 heterocycles. The van der Waals surface area contributed by atoms with Crippen LogP contribution in [0.1, 0.15) is 0 Å². The summed E-state index contributed by atoms with van der Waals surface area (Å²) in [5.41, 5.74) is 0.438. The topological polar surface area (TPSA) is 119 Å². The zero-order chi connectivity index (χ0) is 18.7. The van der Waals surface area contributed by atoms with E-state index in [4.69, 9.17) is 14.3 Å². The molecule has 2 aromatic heterocycles. The molecule has 8 nitrogen and oxygen atoms in total. The van der Waals surface area contributed by atoms with Gasteiger partial charge in [-0.2, -0.15) is 0 Å². The van der Waals surface area contributed by atoms with E-state index >= 15 is 0 Å². The number of anilines is 1. The fourth-order valence-electron chi connectivity index (χ4n) is 2.16. The Hall–Kier alpha value is -3.46. The van der Waals surface area contributed by atoms with Gasteiger partial charge in [0.15, 0.2) is 5.13 Å². The quantitative estimate of drug-likeness (QED) is 0.522. The number of hydrogen-bond acceptors (Lipinski definition) is 7. The zero-order valence-electron chi connectivity index (χ0n) is 13.4. The number of amides is 1. The number of benzene rings is 1. The third-order valence-corrected chi connectivity index (χ3v) is 4.08. The Bertz CT molecular complexity index is 1080. The Morgan fingerprint density at radius 1 is 1.31 bits per heavy atom. The molecular weight excluding hydrogens is 360 g/mol. The van der Waals surface area contributed by atoms with E-state index < -0.39 is 17.5 Å². The van der Waals surface area contributed by atoms with Gasteiger partial charge in [0.2, 0.25) is 5.91 Å². The number of carbonyl (C=O) groups excluding carboxylic acids is 1. The number of aromatic nitrogens is 1. The number of carboxylic acids is 1. The summed E-state index contributed by atoms with van der Waals surface area (Å²) in [5, 5.41) is 13.4. The Labute approximate surface area is 150 Å². The summed E-state index contributed by atoms with van der Waals surface area (Å²) < 4.78 is 10.4. The first-order valence-corrected chi connectivity index (χ1v) is 8.14. The number of nitrogens with one attached hydrogen (secondary N) is 1. The van der Waals surface area contributed by atoms with Crippen molar-refractivity contribution in [3.05, 3.63) is 52.2 Å². The molecule has 0 saturated heterocycles. The van der Waals surface area contributed by atoms with Gasteiger partial charge in [0.05, 0.1) is 18.4 Å².